The topological polar surface area (TPSA) is 64.7 Å². The van der Waals surface area contributed by atoms with Crippen LogP contribution in [0, 0.1) is 0 Å². The summed E-state index contributed by atoms with van der Waals surface area (Å²) in [6, 6.07) is 9.98. The molecular formula is C21H16F3N5O. The Morgan fingerprint density at radius 2 is 1.90 bits per heavy atom. The van der Waals surface area contributed by atoms with Crippen molar-refractivity contribution in [2.75, 3.05) is 5.32 Å². The van der Waals surface area contributed by atoms with Crippen molar-refractivity contribution < 1.29 is 18.0 Å². The standard InChI is InChI=1S/C21H16F3N5O/c1-3-19(30)26-15-6-9-18-17(10-15)20(13-11-25-28(2)12-13)27-29(18)16-7-4-14(5-8-16)21(22,23)24/h3-12H,1H2,2H3,(H,26,30). The van der Waals surface area contributed by atoms with Gasteiger partial charge >= 0.3 is 6.18 Å². The van der Waals surface area contributed by atoms with Crippen molar-refractivity contribution >= 4 is 22.5 Å². The first-order chi connectivity index (χ1) is 14.3. The summed E-state index contributed by atoms with van der Waals surface area (Å²) >= 11 is 0. The molecule has 0 atom stereocenters. The largest absolute Gasteiger partial charge is 0.416 e. The zero-order valence-corrected chi connectivity index (χ0v) is 15.8. The van der Waals surface area contributed by atoms with Gasteiger partial charge in [-0.15, -0.1) is 0 Å². The van der Waals surface area contributed by atoms with Gasteiger partial charge in [0.2, 0.25) is 5.91 Å². The van der Waals surface area contributed by atoms with Crippen LogP contribution < -0.4 is 5.32 Å². The average molecular weight is 411 g/mol. The highest BCUT2D eigenvalue weighted by Crippen LogP contribution is 2.33. The van der Waals surface area contributed by atoms with Gasteiger partial charge in [0.25, 0.3) is 0 Å². The Labute approximate surface area is 169 Å². The van der Waals surface area contributed by atoms with E-state index in [0.29, 0.717) is 28.0 Å². The van der Waals surface area contributed by atoms with Gasteiger partial charge in [0, 0.05) is 29.9 Å². The fourth-order valence-electron chi connectivity index (χ4n) is 3.13. The molecule has 30 heavy (non-hydrogen) atoms. The van der Waals surface area contributed by atoms with Crippen LogP contribution in [0.25, 0.3) is 27.8 Å². The van der Waals surface area contributed by atoms with Crippen molar-refractivity contribution in [1.82, 2.24) is 19.6 Å². The lowest BCUT2D eigenvalue weighted by Crippen LogP contribution is -2.07. The van der Waals surface area contributed by atoms with Crippen molar-refractivity contribution in [3.63, 3.8) is 0 Å². The van der Waals surface area contributed by atoms with E-state index in [1.807, 2.05) is 0 Å². The van der Waals surface area contributed by atoms with Crippen LogP contribution in [-0.2, 0) is 18.0 Å². The maximum Gasteiger partial charge on any atom is 0.416 e. The van der Waals surface area contributed by atoms with E-state index in [-0.39, 0.29) is 5.91 Å². The number of rotatable bonds is 4. The molecule has 152 valence electrons. The van der Waals surface area contributed by atoms with Crippen LogP contribution in [0.15, 0.2) is 67.5 Å². The minimum absolute atomic E-state index is 0.354. The monoisotopic (exact) mass is 411 g/mol. The molecule has 0 radical (unpaired) electrons. The zero-order chi connectivity index (χ0) is 21.5. The molecule has 0 saturated heterocycles. The summed E-state index contributed by atoms with van der Waals surface area (Å²) in [5.41, 5.74) is 2.29. The third-order valence-corrected chi connectivity index (χ3v) is 4.55. The number of nitrogens with one attached hydrogen (secondary N) is 1. The molecule has 1 amide bonds. The van der Waals surface area contributed by atoms with Gasteiger partial charge in [-0.3, -0.25) is 9.48 Å². The van der Waals surface area contributed by atoms with Crippen LogP contribution in [-0.4, -0.2) is 25.5 Å². The summed E-state index contributed by atoms with van der Waals surface area (Å²) in [4.78, 5) is 11.7. The van der Waals surface area contributed by atoms with E-state index < -0.39 is 11.7 Å². The number of aromatic nitrogens is 4. The van der Waals surface area contributed by atoms with Crippen molar-refractivity contribution in [3.05, 3.63) is 73.1 Å². The quantitative estimate of drug-likeness (QED) is 0.501. The number of fused-ring (bicyclic) bond motifs is 1. The predicted molar refractivity (Wildman–Crippen MR) is 107 cm³/mol. The van der Waals surface area contributed by atoms with Crippen molar-refractivity contribution in [3.8, 4) is 16.9 Å². The van der Waals surface area contributed by atoms with Gasteiger partial charge in [-0.2, -0.15) is 23.4 Å². The summed E-state index contributed by atoms with van der Waals surface area (Å²) in [5.74, 6) is -0.354. The number of nitrogens with zero attached hydrogens (tertiary/aromatic N) is 4. The lowest BCUT2D eigenvalue weighted by Gasteiger charge is -2.08. The molecule has 9 heteroatoms. The normalized spacial score (nSPS) is 11.6. The molecule has 6 nitrogen and oxygen atoms in total. The third-order valence-electron chi connectivity index (χ3n) is 4.55. The average Bonchev–Trinajstić information content (AvgIpc) is 3.30. The van der Waals surface area contributed by atoms with Crippen LogP contribution in [0.4, 0.5) is 18.9 Å². The van der Waals surface area contributed by atoms with Crippen molar-refractivity contribution in [2.45, 2.75) is 6.18 Å². The van der Waals surface area contributed by atoms with E-state index in [9.17, 15) is 18.0 Å². The molecule has 0 bridgehead atoms. The van der Waals surface area contributed by atoms with Gasteiger partial charge < -0.3 is 5.32 Å². The Morgan fingerprint density at radius 1 is 1.17 bits per heavy atom. The van der Waals surface area contributed by atoms with E-state index in [0.717, 1.165) is 23.8 Å². The lowest BCUT2D eigenvalue weighted by molar-refractivity contribution is -0.137. The second-order valence-electron chi connectivity index (χ2n) is 6.63. The Bertz CT molecular complexity index is 1250. The predicted octanol–water partition coefficient (Wildman–Crippen LogP) is 4.57. The molecule has 0 saturated carbocycles. The number of aryl methyl sites for hydroxylation is 1. The molecule has 0 spiro atoms. The maximum atomic E-state index is 12.9. The number of benzene rings is 2. The third kappa shape index (κ3) is 3.57. The van der Waals surface area contributed by atoms with Crippen molar-refractivity contribution in [2.24, 2.45) is 7.05 Å². The summed E-state index contributed by atoms with van der Waals surface area (Å²) in [5, 5.41) is 12.2. The highest BCUT2D eigenvalue weighted by Gasteiger charge is 2.30. The van der Waals surface area contributed by atoms with E-state index in [1.54, 1.807) is 47.0 Å². The van der Waals surface area contributed by atoms with E-state index in [2.05, 4.69) is 22.1 Å². The Kier molecular flexibility index (Phi) is 4.65. The molecule has 4 aromatic rings. The van der Waals surface area contributed by atoms with Gasteiger partial charge in [-0.05, 0) is 48.5 Å². The summed E-state index contributed by atoms with van der Waals surface area (Å²) in [7, 11) is 1.77. The highest BCUT2D eigenvalue weighted by atomic mass is 19.4. The molecule has 4 rings (SSSR count). The number of amides is 1. The molecule has 0 aliphatic heterocycles. The molecule has 0 aliphatic carbocycles. The molecule has 0 unspecified atom stereocenters. The maximum absolute atomic E-state index is 12.9. The first-order valence-electron chi connectivity index (χ1n) is 8.89. The van der Waals surface area contributed by atoms with E-state index >= 15 is 0 Å². The van der Waals surface area contributed by atoms with Crippen LogP contribution in [0.3, 0.4) is 0 Å². The number of anilines is 1. The fourth-order valence-corrected chi connectivity index (χ4v) is 3.13. The van der Waals surface area contributed by atoms with Crippen molar-refractivity contribution in [1.29, 1.82) is 0 Å². The molecule has 2 aromatic carbocycles. The van der Waals surface area contributed by atoms with Crippen LogP contribution in [0.1, 0.15) is 5.56 Å². The second-order valence-corrected chi connectivity index (χ2v) is 6.63. The first kappa shape index (κ1) is 19.4. The van der Waals surface area contributed by atoms with Gasteiger partial charge in [-0.25, -0.2) is 4.68 Å². The number of carbonyl (C=O) groups is 1. The lowest BCUT2D eigenvalue weighted by atomic mass is 10.1. The summed E-state index contributed by atoms with van der Waals surface area (Å²) in [6.45, 7) is 3.44. The van der Waals surface area contributed by atoms with Crippen LogP contribution in [0.5, 0.6) is 0 Å². The van der Waals surface area contributed by atoms with Crippen LogP contribution in [0.2, 0.25) is 0 Å². The first-order valence-corrected chi connectivity index (χ1v) is 8.89. The van der Waals surface area contributed by atoms with E-state index in [1.165, 1.54) is 12.1 Å². The van der Waals surface area contributed by atoms with Gasteiger partial charge in [0.15, 0.2) is 0 Å². The molecule has 0 fully saturated rings. The van der Waals surface area contributed by atoms with Gasteiger partial charge in [0.05, 0.1) is 23.0 Å². The zero-order valence-electron chi connectivity index (χ0n) is 15.8. The minimum atomic E-state index is -4.41. The van der Waals surface area contributed by atoms with Gasteiger partial charge in [0.1, 0.15) is 5.69 Å². The number of carbonyl (C=O) groups excluding carboxylic acids is 1. The van der Waals surface area contributed by atoms with Crippen LogP contribution >= 0.6 is 0 Å². The fraction of sp³-hybridized carbons (Fsp3) is 0.0952. The smallest absolute Gasteiger partial charge is 0.323 e. The molecule has 0 aliphatic rings. The highest BCUT2D eigenvalue weighted by molar-refractivity contribution is 6.02. The Hall–Kier alpha value is -3.88. The molecule has 2 heterocycles. The molecular weight excluding hydrogens is 395 g/mol. The minimum Gasteiger partial charge on any atom is -0.323 e. The number of hydrogen-bond acceptors (Lipinski definition) is 3. The van der Waals surface area contributed by atoms with E-state index in [4.69, 9.17) is 0 Å². The second kappa shape index (κ2) is 7.18. The summed E-state index contributed by atoms with van der Waals surface area (Å²) in [6.07, 6.45) is 0.184. The number of alkyl halides is 3. The Morgan fingerprint density at radius 3 is 2.50 bits per heavy atom. The Balaban J connectivity index is 1.88. The SMILES string of the molecule is C=CC(=O)Nc1ccc2c(c1)c(-c1cnn(C)c1)nn2-c1ccc(C(F)(F)F)cc1. The number of hydrogen-bond donors (Lipinski definition) is 1. The molecule has 1 N–H and O–H groups in total. The van der Waals surface area contributed by atoms with Gasteiger partial charge in [-0.1, -0.05) is 6.58 Å². The molecule has 2 aromatic heterocycles. The summed E-state index contributed by atoms with van der Waals surface area (Å²) < 4.78 is 41.9. The number of halogens is 3.